The molecule has 2 rings (SSSR count). The van der Waals surface area contributed by atoms with Gasteiger partial charge in [0, 0.05) is 19.3 Å². The van der Waals surface area contributed by atoms with Crippen LogP contribution in [-0.4, -0.2) is 52.5 Å². The molecule has 0 aliphatic heterocycles. The normalized spacial score (nSPS) is 12.8. The molecule has 240 valence electrons. The Labute approximate surface area is 262 Å². The first-order chi connectivity index (χ1) is 20.6. The molecule has 2 atom stereocenters. The molecule has 1 amide bonds. The van der Waals surface area contributed by atoms with Crippen LogP contribution in [0.25, 0.3) is 0 Å². The molecule has 0 heterocycles. The lowest BCUT2D eigenvalue weighted by molar-refractivity contribution is -0.148. The Morgan fingerprint density at radius 1 is 0.659 bits per heavy atom. The molecule has 0 saturated carbocycles. The molecule has 0 fully saturated rings. The maximum Gasteiger partial charge on any atom is 0.408 e. The number of esters is 1. The molecule has 0 aliphatic carbocycles. The fourth-order valence-electron chi connectivity index (χ4n) is 4.04. The van der Waals surface area contributed by atoms with E-state index in [2.05, 4.69) is 5.32 Å². The number of Topliss-reactive ketones (excluding diaryl/α,β-unsaturated/α-hetero) is 1. The lowest BCUT2D eigenvalue weighted by atomic mass is 9.94. The summed E-state index contributed by atoms with van der Waals surface area (Å²) in [4.78, 5) is 64.0. The van der Waals surface area contributed by atoms with Crippen LogP contribution in [0.15, 0.2) is 60.7 Å². The van der Waals surface area contributed by atoms with E-state index in [1.54, 1.807) is 24.3 Å². The maximum absolute atomic E-state index is 13.1. The summed E-state index contributed by atoms with van der Waals surface area (Å²) >= 11 is 0. The smallest absolute Gasteiger partial charge is 0.408 e. The van der Waals surface area contributed by atoms with Gasteiger partial charge in [0.15, 0.2) is 0 Å². The molecular formula is C32H45NO9Si2. The van der Waals surface area contributed by atoms with Crippen LogP contribution in [0.1, 0.15) is 43.2 Å². The number of carbonyl (C=O) groups excluding carboxylic acids is 5. The lowest BCUT2D eigenvalue weighted by Crippen LogP contribution is -2.42. The number of ether oxygens (including phenoxy) is 2. The van der Waals surface area contributed by atoms with Crippen molar-refractivity contribution < 1.29 is 42.3 Å². The molecule has 0 bridgehead atoms. The molecule has 2 aromatic carbocycles. The second kappa shape index (κ2) is 17.5. The highest BCUT2D eigenvalue weighted by Crippen LogP contribution is 2.20. The monoisotopic (exact) mass is 643 g/mol. The van der Waals surface area contributed by atoms with Crippen LogP contribution in [0.5, 0.6) is 0 Å². The summed E-state index contributed by atoms with van der Waals surface area (Å²) in [5.74, 6) is -2.82. The summed E-state index contributed by atoms with van der Waals surface area (Å²) in [6.07, 6.45) is -1.12. The fourth-order valence-corrected chi connectivity index (χ4v) is 5.60. The average molecular weight is 644 g/mol. The zero-order chi connectivity index (χ0) is 32.8. The largest absolute Gasteiger partial charge is 0.520 e. The first-order valence-corrected chi connectivity index (χ1v) is 21.6. The number of ketones is 1. The molecule has 12 heteroatoms. The van der Waals surface area contributed by atoms with E-state index < -0.39 is 52.6 Å². The number of hydrogen-bond acceptors (Lipinski definition) is 9. The van der Waals surface area contributed by atoms with Gasteiger partial charge in [0.05, 0.1) is 5.92 Å². The Bertz CT molecular complexity index is 1240. The van der Waals surface area contributed by atoms with E-state index in [-0.39, 0.29) is 51.1 Å². The molecule has 0 radical (unpaired) electrons. The minimum absolute atomic E-state index is 0.00158. The van der Waals surface area contributed by atoms with Crippen molar-refractivity contribution in [2.45, 2.75) is 90.6 Å². The van der Waals surface area contributed by atoms with E-state index in [0.29, 0.717) is 0 Å². The van der Waals surface area contributed by atoms with Crippen LogP contribution in [0, 0.1) is 5.92 Å². The third-order valence-corrected chi connectivity index (χ3v) is 7.71. The van der Waals surface area contributed by atoms with Crippen molar-refractivity contribution in [1.29, 1.82) is 0 Å². The van der Waals surface area contributed by atoms with Crippen LogP contribution >= 0.6 is 0 Å². The summed E-state index contributed by atoms with van der Waals surface area (Å²) in [6, 6.07) is 17.0. The molecule has 0 aromatic heterocycles. The molecule has 0 unspecified atom stereocenters. The van der Waals surface area contributed by atoms with Gasteiger partial charge in [0.2, 0.25) is 16.6 Å². The Morgan fingerprint density at radius 3 is 1.70 bits per heavy atom. The molecule has 10 nitrogen and oxygen atoms in total. The first kappa shape index (κ1) is 36.4. The quantitative estimate of drug-likeness (QED) is 0.165. The van der Waals surface area contributed by atoms with Crippen LogP contribution in [0.3, 0.4) is 0 Å². The SMILES string of the molecule is C[Si](C)(C)OC(=O)CC[C@@H](CC(=O)CC[C@H](NC(=O)OCc1ccccc1)C(=O)OCc1ccccc1)C(=O)O[Si](C)(C)C. The standard InChI is InChI=1S/C32H45NO9Si2/c1-43(2,3)41-29(35)20-17-26(30(36)42-44(4,5)6)21-27(34)18-19-28(31(37)39-22-24-13-9-7-10-14-24)33-32(38)40-23-25-15-11-8-12-16-25/h7-16,26,28H,17-23H2,1-6H3,(H,33,38)/t26-,28-/m0/s1. The van der Waals surface area contributed by atoms with Crippen molar-refractivity contribution in [3.63, 3.8) is 0 Å². The highest BCUT2D eigenvalue weighted by Gasteiger charge is 2.31. The van der Waals surface area contributed by atoms with Gasteiger partial charge in [-0.1, -0.05) is 60.7 Å². The Morgan fingerprint density at radius 2 is 1.18 bits per heavy atom. The third-order valence-electron chi connectivity index (χ3n) is 6.06. The molecular weight excluding hydrogens is 599 g/mol. The Hall–Kier alpha value is -3.78. The van der Waals surface area contributed by atoms with Gasteiger partial charge in [-0.05, 0) is 63.3 Å². The maximum atomic E-state index is 13.1. The predicted molar refractivity (Wildman–Crippen MR) is 170 cm³/mol. The van der Waals surface area contributed by atoms with Crippen molar-refractivity contribution >= 4 is 46.4 Å². The second-order valence-corrected chi connectivity index (χ2v) is 21.3. The van der Waals surface area contributed by atoms with E-state index in [0.717, 1.165) is 11.1 Å². The summed E-state index contributed by atoms with van der Waals surface area (Å²) < 4.78 is 21.8. The number of nitrogens with one attached hydrogen (secondary N) is 1. The van der Waals surface area contributed by atoms with E-state index >= 15 is 0 Å². The zero-order valence-electron chi connectivity index (χ0n) is 26.6. The second-order valence-electron chi connectivity index (χ2n) is 12.5. The Balaban J connectivity index is 2.06. The van der Waals surface area contributed by atoms with E-state index in [1.165, 1.54) is 0 Å². The fraction of sp³-hybridized carbons (Fsp3) is 0.469. The highest BCUT2D eigenvalue weighted by atomic mass is 28.4. The molecule has 0 aliphatic rings. The number of alkyl carbamates (subject to hydrolysis) is 1. The molecule has 0 spiro atoms. The summed E-state index contributed by atoms with van der Waals surface area (Å²) in [7, 11) is -4.37. The highest BCUT2D eigenvalue weighted by molar-refractivity contribution is 6.71. The van der Waals surface area contributed by atoms with Gasteiger partial charge >= 0.3 is 12.1 Å². The number of amides is 1. The van der Waals surface area contributed by atoms with Gasteiger partial charge in [-0.3, -0.25) is 14.4 Å². The summed E-state index contributed by atoms with van der Waals surface area (Å²) in [5, 5.41) is 2.52. The van der Waals surface area contributed by atoms with Gasteiger partial charge in [-0.15, -0.1) is 0 Å². The first-order valence-electron chi connectivity index (χ1n) is 14.8. The van der Waals surface area contributed by atoms with Crippen molar-refractivity contribution in [2.75, 3.05) is 0 Å². The molecule has 0 saturated heterocycles. The minimum Gasteiger partial charge on any atom is -0.520 e. The van der Waals surface area contributed by atoms with Crippen LogP contribution in [0.4, 0.5) is 4.79 Å². The van der Waals surface area contributed by atoms with E-state index in [1.807, 2.05) is 75.7 Å². The van der Waals surface area contributed by atoms with Gasteiger partial charge in [-0.25, -0.2) is 9.59 Å². The summed E-state index contributed by atoms with van der Waals surface area (Å²) in [5.41, 5.74) is 1.53. The van der Waals surface area contributed by atoms with Crippen LogP contribution in [0.2, 0.25) is 39.3 Å². The van der Waals surface area contributed by atoms with Crippen LogP contribution < -0.4 is 5.32 Å². The molecule has 44 heavy (non-hydrogen) atoms. The van der Waals surface area contributed by atoms with Crippen molar-refractivity contribution in [3.8, 4) is 0 Å². The van der Waals surface area contributed by atoms with Gasteiger partial charge in [0.1, 0.15) is 25.0 Å². The molecule has 1 N–H and O–H groups in total. The van der Waals surface area contributed by atoms with Gasteiger partial charge < -0.3 is 23.6 Å². The van der Waals surface area contributed by atoms with Crippen molar-refractivity contribution in [2.24, 2.45) is 5.92 Å². The predicted octanol–water partition coefficient (Wildman–Crippen LogP) is 5.92. The Kier molecular flexibility index (Phi) is 14.5. The van der Waals surface area contributed by atoms with E-state index in [4.69, 9.17) is 18.3 Å². The number of benzene rings is 2. The van der Waals surface area contributed by atoms with Gasteiger partial charge in [-0.2, -0.15) is 0 Å². The van der Waals surface area contributed by atoms with Crippen molar-refractivity contribution in [1.82, 2.24) is 5.32 Å². The van der Waals surface area contributed by atoms with E-state index in [9.17, 15) is 24.0 Å². The average Bonchev–Trinajstić information content (AvgIpc) is 2.94. The van der Waals surface area contributed by atoms with Crippen LogP contribution in [-0.2, 0) is 50.7 Å². The summed E-state index contributed by atoms with van der Waals surface area (Å²) in [6.45, 7) is 11.2. The zero-order valence-corrected chi connectivity index (χ0v) is 28.6. The van der Waals surface area contributed by atoms with Gasteiger partial charge in [0.25, 0.3) is 11.9 Å². The van der Waals surface area contributed by atoms with Crippen molar-refractivity contribution in [3.05, 3.63) is 71.8 Å². The number of hydrogen-bond donors (Lipinski definition) is 1. The number of carbonyl (C=O) groups is 5. The lowest BCUT2D eigenvalue weighted by Gasteiger charge is -2.23. The minimum atomic E-state index is -2.26. The number of rotatable bonds is 17. The topological polar surface area (TPSA) is 134 Å². The third kappa shape index (κ3) is 15.6. The molecule has 2 aromatic rings.